The van der Waals surface area contributed by atoms with Crippen LogP contribution in [0.1, 0.15) is 5.69 Å². The summed E-state index contributed by atoms with van der Waals surface area (Å²) in [4.78, 5) is 13.5. The lowest BCUT2D eigenvalue weighted by Crippen LogP contribution is -1.82. The first-order chi connectivity index (χ1) is 4.33. The Hall–Kier alpha value is -0.970. The van der Waals surface area contributed by atoms with Gasteiger partial charge in [-0.1, -0.05) is 0 Å². The summed E-state index contributed by atoms with van der Waals surface area (Å²) in [7, 11) is 0. The Morgan fingerprint density at radius 2 is 2.67 bits per heavy atom. The molecule has 0 saturated heterocycles. The minimum atomic E-state index is 0.544. The maximum Gasteiger partial charge on any atom is 0.206 e. The molecular formula is C4H5N3OS. The Labute approximate surface area is 55.9 Å². The molecular weight excluding hydrogens is 138 g/mol. The topological polar surface area (TPSA) is 54.4 Å². The standard InChI is InChI=1S/C4H5N3OS/c1-3-2-9-4(5-3)6-7-8/h2H,1H3,(H,5,6,8). The van der Waals surface area contributed by atoms with Crippen LogP contribution in [0.25, 0.3) is 0 Å². The van der Waals surface area contributed by atoms with Gasteiger partial charge in [0, 0.05) is 5.38 Å². The smallest absolute Gasteiger partial charge is 0.206 e. The molecule has 9 heavy (non-hydrogen) atoms. The summed E-state index contributed by atoms with van der Waals surface area (Å²) in [5.41, 5.74) is 3.10. The van der Waals surface area contributed by atoms with Crippen molar-refractivity contribution >= 4 is 16.5 Å². The largest absolute Gasteiger partial charge is 0.224 e. The number of aromatic nitrogens is 1. The molecule has 0 aliphatic carbocycles. The number of aryl methyl sites for hydroxylation is 1. The van der Waals surface area contributed by atoms with Crippen LogP contribution in [0.5, 0.6) is 0 Å². The van der Waals surface area contributed by atoms with Gasteiger partial charge in [0.15, 0.2) is 0 Å². The van der Waals surface area contributed by atoms with E-state index in [1.807, 2.05) is 12.3 Å². The van der Waals surface area contributed by atoms with Crippen LogP contribution < -0.4 is 5.43 Å². The second-order valence-corrected chi connectivity index (χ2v) is 2.36. The first-order valence-electron chi connectivity index (χ1n) is 2.33. The van der Waals surface area contributed by atoms with Gasteiger partial charge in [-0.3, -0.25) is 0 Å². The minimum Gasteiger partial charge on any atom is -0.224 e. The van der Waals surface area contributed by atoms with Crippen LogP contribution in [0.3, 0.4) is 0 Å². The van der Waals surface area contributed by atoms with Gasteiger partial charge in [0.2, 0.25) is 5.13 Å². The van der Waals surface area contributed by atoms with Crippen molar-refractivity contribution in [1.82, 2.24) is 4.98 Å². The van der Waals surface area contributed by atoms with E-state index >= 15 is 0 Å². The number of rotatable bonds is 2. The Balaban J connectivity index is 2.72. The van der Waals surface area contributed by atoms with E-state index < -0.39 is 0 Å². The summed E-state index contributed by atoms with van der Waals surface area (Å²) < 4.78 is 0. The molecule has 0 spiro atoms. The predicted molar refractivity (Wildman–Crippen MR) is 36.3 cm³/mol. The molecule has 1 N–H and O–H groups in total. The Morgan fingerprint density at radius 3 is 3.11 bits per heavy atom. The third-order valence-corrected chi connectivity index (χ3v) is 1.63. The van der Waals surface area contributed by atoms with Gasteiger partial charge in [-0.05, 0) is 6.92 Å². The van der Waals surface area contributed by atoms with Gasteiger partial charge in [0.1, 0.15) is 0 Å². The number of nitrogens with zero attached hydrogens (tertiary/aromatic N) is 2. The lowest BCUT2D eigenvalue weighted by molar-refractivity contribution is 1.21. The summed E-state index contributed by atoms with van der Waals surface area (Å²) in [6.07, 6.45) is 0. The van der Waals surface area contributed by atoms with Crippen LogP contribution in [-0.2, 0) is 0 Å². The summed E-state index contributed by atoms with van der Waals surface area (Å²) in [5, 5.41) is 4.85. The molecule has 1 aromatic heterocycles. The number of nitrogens with one attached hydrogen (secondary N) is 1. The van der Waals surface area contributed by atoms with E-state index in [2.05, 4.69) is 15.7 Å². The zero-order valence-corrected chi connectivity index (χ0v) is 5.60. The molecule has 0 aromatic carbocycles. The van der Waals surface area contributed by atoms with E-state index in [9.17, 15) is 4.91 Å². The highest BCUT2D eigenvalue weighted by Crippen LogP contribution is 2.13. The van der Waals surface area contributed by atoms with E-state index in [1.165, 1.54) is 11.3 Å². The molecule has 1 heterocycles. The number of hydrogen-bond acceptors (Lipinski definition) is 4. The molecule has 1 aromatic rings. The summed E-state index contributed by atoms with van der Waals surface area (Å²) >= 11 is 1.36. The zero-order chi connectivity index (χ0) is 6.69. The molecule has 0 saturated carbocycles. The molecule has 5 heteroatoms. The first-order valence-corrected chi connectivity index (χ1v) is 3.21. The second kappa shape index (κ2) is 2.54. The van der Waals surface area contributed by atoms with Crippen molar-refractivity contribution < 1.29 is 0 Å². The third kappa shape index (κ3) is 1.46. The van der Waals surface area contributed by atoms with Gasteiger partial charge in [0.25, 0.3) is 0 Å². The van der Waals surface area contributed by atoms with E-state index in [0.29, 0.717) is 5.13 Å². The fourth-order valence-corrected chi connectivity index (χ4v) is 1.07. The highest BCUT2D eigenvalue weighted by atomic mass is 32.1. The molecule has 0 fully saturated rings. The Bertz CT molecular complexity index is 209. The summed E-state index contributed by atoms with van der Waals surface area (Å²) in [6, 6.07) is 0. The van der Waals surface area contributed by atoms with Gasteiger partial charge in [0.05, 0.1) is 11.0 Å². The molecule has 0 aliphatic rings. The van der Waals surface area contributed by atoms with Gasteiger partial charge >= 0.3 is 0 Å². The number of anilines is 1. The average Bonchev–Trinajstić information content (AvgIpc) is 2.17. The minimum absolute atomic E-state index is 0.544. The number of hydrogen-bond donors (Lipinski definition) is 1. The van der Waals surface area contributed by atoms with Crippen molar-refractivity contribution in [3.8, 4) is 0 Å². The molecule has 48 valence electrons. The molecule has 0 atom stereocenters. The molecule has 0 unspecified atom stereocenters. The zero-order valence-electron chi connectivity index (χ0n) is 4.79. The highest BCUT2D eigenvalue weighted by Gasteiger charge is 1.93. The van der Waals surface area contributed by atoms with Gasteiger partial charge in [-0.2, -0.15) is 0 Å². The summed E-state index contributed by atoms with van der Waals surface area (Å²) in [6.45, 7) is 1.85. The average molecular weight is 143 g/mol. The van der Waals surface area contributed by atoms with Crippen molar-refractivity contribution in [3.63, 3.8) is 0 Å². The molecule has 4 nitrogen and oxygen atoms in total. The fraction of sp³-hybridized carbons (Fsp3) is 0.250. The van der Waals surface area contributed by atoms with Crippen LogP contribution in [0.2, 0.25) is 0 Å². The highest BCUT2D eigenvalue weighted by molar-refractivity contribution is 7.13. The lowest BCUT2D eigenvalue weighted by Gasteiger charge is -1.82. The monoisotopic (exact) mass is 143 g/mol. The fourth-order valence-electron chi connectivity index (χ4n) is 0.444. The summed E-state index contributed by atoms with van der Waals surface area (Å²) in [5.74, 6) is 0. The SMILES string of the molecule is Cc1csc(NN=O)n1. The molecule has 0 radical (unpaired) electrons. The molecule has 0 amide bonds. The number of nitroso groups, excluding NO2 is 1. The van der Waals surface area contributed by atoms with Crippen molar-refractivity contribution in [3.05, 3.63) is 16.0 Å². The van der Waals surface area contributed by atoms with E-state index in [1.54, 1.807) is 0 Å². The lowest BCUT2D eigenvalue weighted by atomic mass is 10.6. The van der Waals surface area contributed by atoms with Crippen LogP contribution in [-0.4, -0.2) is 4.98 Å². The van der Waals surface area contributed by atoms with Crippen LogP contribution in [0.4, 0.5) is 5.13 Å². The van der Waals surface area contributed by atoms with Crippen molar-refractivity contribution in [2.24, 2.45) is 5.29 Å². The quantitative estimate of drug-likeness (QED) is 0.504. The Morgan fingerprint density at radius 1 is 1.89 bits per heavy atom. The van der Waals surface area contributed by atoms with Gasteiger partial charge in [-0.15, -0.1) is 16.2 Å². The van der Waals surface area contributed by atoms with E-state index in [0.717, 1.165) is 5.69 Å². The van der Waals surface area contributed by atoms with Crippen LogP contribution >= 0.6 is 11.3 Å². The van der Waals surface area contributed by atoms with Gasteiger partial charge in [-0.25, -0.2) is 10.4 Å². The van der Waals surface area contributed by atoms with Crippen molar-refractivity contribution in [2.45, 2.75) is 6.92 Å². The van der Waals surface area contributed by atoms with Crippen LogP contribution in [0, 0.1) is 11.8 Å². The van der Waals surface area contributed by atoms with Crippen molar-refractivity contribution in [2.75, 3.05) is 5.43 Å². The molecule has 1 rings (SSSR count). The third-order valence-electron chi connectivity index (χ3n) is 0.760. The van der Waals surface area contributed by atoms with Crippen LogP contribution in [0.15, 0.2) is 10.7 Å². The second-order valence-electron chi connectivity index (χ2n) is 1.50. The molecule has 0 aliphatic heterocycles. The Kier molecular flexibility index (Phi) is 1.74. The number of thiazole rings is 1. The van der Waals surface area contributed by atoms with Gasteiger partial charge < -0.3 is 0 Å². The maximum absolute atomic E-state index is 9.59. The first kappa shape index (κ1) is 6.15. The predicted octanol–water partition coefficient (Wildman–Crippen LogP) is 1.54. The normalized spacial score (nSPS) is 9.00. The van der Waals surface area contributed by atoms with E-state index in [4.69, 9.17) is 0 Å². The van der Waals surface area contributed by atoms with Crippen molar-refractivity contribution in [1.29, 1.82) is 0 Å². The molecule has 0 bridgehead atoms. The maximum atomic E-state index is 9.59. The van der Waals surface area contributed by atoms with E-state index in [-0.39, 0.29) is 0 Å².